The SMILES string of the molecule is CC(C)[C@H]1CS[C@@H]([Si](C)(C)C)N1C(=O)OC(C)(C)C. The third-order valence-electron chi connectivity index (χ3n) is 3.15. The van der Waals surface area contributed by atoms with Crippen LogP contribution in [0.2, 0.25) is 19.6 Å². The number of rotatable bonds is 2. The van der Waals surface area contributed by atoms with Crippen LogP contribution in [0, 0.1) is 5.92 Å². The summed E-state index contributed by atoms with van der Waals surface area (Å²) in [7, 11) is -1.42. The van der Waals surface area contributed by atoms with Crippen molar-refractivity contribution in [3.8, 4) is 0 Å². The van der Waals surface area contributed by atoms with Gasteiger partial charge >= 0.3 is 6.09 Å². The number of hydrogen-bond acceptors (Lipinski definition) is 3. The number of hydrogen-bond donors (Lipinski definition) is 0. The topological polar surface area (TPSA) is 29.5 Å². The molecule has 1 rings (SSSR count). The lowest BCUT2D eigenvalue weighted by Gasteiger charge is -2.38. The van der Waals surface area contributed by atoms with E-state index in [-0.39, 0.29) is 6.09 Å². The highest BCUT2D eigenvalue weighted by Crippen LogP contribution is 2.38. The van der Waals surface area contributed by atoms with Gasteiger partial charge in [0.05, 0.1) is 13.1 Å². The third-order valence-corrected chi connectivity index (χ3v) is 8.61. The Balaban J connectivity index is 2.96. The number of thioether (sulfide) groups is 1. The molecule has 5 heteroatoms. The zero-order chi connectivity index (χ0) is 15.0. The molecular formula is C14H29NO2SSi. The lowest BCUT2D eigenvalue weighted by atomic mass is 10.1. The molecule has 1 saturated heterocycles. The molecule has 1 aliphatic rings. The highest BCUT2D eigenvalue weighted by molar-refractivity contribution is 8.01. The molecule has 1 aliphatic heterocycles. The monoisotopic (exact) mass is 303 g/mol. The minimum atomic E-state index is -1.42. The van der Waals surface area contributed by atoms with Gasteiger partial charge in [-0.05, 0) is 26.7 Å². The van der Waals surface area contributed by atoms with E-state index in [2.05, 4.69) is 33.5 Å². The first-order valence-corrected chi connectivity index (χ1v) is 11.7. The number of amides is 1. The van der Waals surface area contributed by atoms with Crippen molar-refractivity contribution in [2.75, 3.05) is 5.75 Å². The van der Waals surface area contributed by atoms with Crippen LogP contribution in [0.15, 0.2) is 0 Å². The maximum absolute atomic E-state index is 12.5. The van der Waals surface area contributed by atoms with Crippen LogP contribution in [0.25, 0.3) is 0 Å². The van der Waals surface area contributed by atoms with Crippen LogP contribution in [0.1, 0.15) is 34.6 Å². The van der Waals surface area contributed by atoms with Crippen molar-refractivity contribution in [1.82, 2.24) is 4.90 Å². The fourth-order valence-electron chi connectivity index (χ4n) is 2.25. The minimum Gasteiger partial charge on any atom is -0.444 e. The van der Waals surface area contributed by atoms with E-state index in [4.69, 9.17) is 4.74 Å². The number of carbonyl (C=O) groups excluding carboxylic acids is 1. The standard InChI is InChI=1S/C14H29NO2SSi/c1-10(2)11-9-18-13(19(6,7)8)15(11)12(16)17-14(3,4)5/h10-11,13H,9H2,1-8H3/t11-,13+/m1/s1. The predicted molar refractivity (Wildman–Crippen MR) is 86.3 cm³/mol. The van der Waals surface area contributed by atoms with Gasteiger partial charge in [0.25, 0.3) is 0 Å². The molecule has 3 nitrogen and oxygen atoms in total. The van der Waals surface area contributed by atoms with Gasteiger partial charge in [-0.1, -0.05) is 33.5 Å². The van der Waals surface area contributed by atoms with Crippen LogP contribution >= 0.6 is 11.8 Å². The van der Waals surface area contributed by atoms with Crippen molar-refractivity contribution < 1.29 is 9.53 Å². The summed E-state index contributed by atoms with van der Waals surface area (Å²) < 4.78 is 5.62. The van der Waals surface area contributed by atoms with E-state index in [1.165, 1.54) is 0 Å². The van der Waals surface area contributed by atoms with Crippen molar-refractivity contribution in [2.24, 2.45) is 5.92 Å². The van der Waals surface area contributed by atoms with E-state index in [9.17, 15) is 4.79 Å². The normalized spacial score (nSPS) is 25.0. The fourth-order valence-corrected chi connectivity index (χ4v) is 7.00. The molecule has 0 radical (unpaired) electrons. The molecule has 0 aromatic carbocycles. The van der Waals surface area contributed by atoms with Gasteiger partial charge < -0.3 is 4.74 Å². The molecule has 112 valence electrons. The molecule has 0 bridgehead atoms. The van der Waals surface area contributed by atoms with Gasteiger partial charge in [-0.15, -0.1) is 11.8 Å². The molecule has 0 N–H and O–H groups in total. The largest absolute Gasteiger partial charge is 0.444 e. The second kappa shape index (κ2) is 5.68. The molecule has 2 atom stereocenters. The first-order valence-electron chi connectivity index (χ1n) is 7.06. The van der Waals surface area contributed by atoms with Crippen LogP contribution in [0.5, 0.6) is 0 Å². The number of nitrogens with zero attached hydrogens (tertiary/aromatic N) is 1. The third kappa shape index (κ3) is 4.41. The molecule has 1 heterocycles. The first kappa shape index (κ1) is 16.9. The second-order valence-corrected chi connectivity index (χ2v) is 14.6. The number of carbonyl (C=O) groups is 1. The molecule has 0 saturated carbocycles. The lowest BCUT2D eigenvalue weighted by molar-refractivity contribution is 0.0175. The van der Waals surface area contributed by atoms with E-state index >= 15 is 0 Å². The van der Waals surface area contributed by atoms with Crippen molar-refractivity contribution in [1.29, 1.82) is 0 Å². The summed E-state index contributed by atoms with van der Waals surface area (Å²) in [5.74, 6) is 1.51. The molecule has 1 fully saturated rings. The van der Waals surface area contributed by atoms with Crippen LogP contribution in [-0.2, 0) is 4.74 Å². The van der Waals surface area contributed by atoms with Gasteiger partial charge in [0.15, 0.2) is 0 Å². The fraction of sp³-hybridized carbons (Fsp3) is 0.929. The van der Waals surface area contributed by atoms with E-state index < -0.39 is 13.7 Å². The Morgan fingerprint density at radius 1 is 1.32 bits per heavy atom. The van der Waals surface area contributed by atoms with Crippen LogP contribution in [0.3, 0.4) is 0 Å². The molecule has 0 aromatic rings. The first-order chi connectivity index (χ1) is 8.43. The summed E-state index contributed by atoms with van der Waals surface area (Å²) >= 11 is 1.93. The Bertz CT molecular complexity index is 333. The molecular weight excluding hydrogens is 274 g/mol. The molecule has 1 amide bonds. The van der Waals surface area contributed by atoms with Crippen molar-refractivity contribution in [3.63, 3.8) is 0 Å². The van der Waals surface area contributed by atoms with Gasteiger partial charge in [0.1, 0.15) is 5.60 Å². The average Bonchev–Trinajstić information content (AvgIpc) is 2.57. The Morgan fingerprint density at radius 2 is 1.84 bits per heavy atom. The van der Waals surface area contributed by atoms with Gasteiger partial charge in [0, 0.05) is 11.8 Å². The van der Waals surface area contributed by atoms with Crippen molar-refractivity contribution >= 4 is 25.9 Å². The summed E-state index contributed by atoms with van der Waals surface area (Å²) in [6, 6.07) is 0.302. The maximum atomic E-state index is 12.5. The summed E-state index contributed by atoms with van der Waals surface area (Å²) in [5, 5.41) is 0. The van der Waals surface area contributed by atoms with Gasteiger partial charge in [-0.2, -0.15) is 0 Å². The number of ether oxygens (including phenoxy) is 1. The van der Waals surface area contributed by atoms with E-state index in [0.29, 0.717) is 17.0 Å². The van der Waals surface area contributed by atoms with Gasteiger partial charge in [-0.25, -0.2) is 4.79 Å². The molecule has 0 aromatic heterocycles. The minimum absolute atomic E-state index is 0.136. The zero-order valence-electron chi connectivity index (χ0n) is 13.6. The zero-order valence-corrected chi connectivity index (χ0v) is 15.4. The molecule has 0 spiro atoms. The second-order valence-electron chi connectivity index (χ2n) is 7.75. The van der Waals surface area contributed by atoms with Crippen LogP contribution in [-0.4, -0.2) is 41.5 Å². The predicted octanol–water partition coefficient (Wildman–Crippen LogP) is 4.20. The smallest absolute Gasteiger partial charge is 0.411 e. The average molecular weight is 304 g/mol. The Labute approximate surface area is 123 Å². The molecule has 0 unspecified atom stereocenters. The summed E-state index contributed by atoms with van der Waals surface area (Å²) in [6.45, 7) is 17.1. The van der Waals surface area contributed by atoms with E-state index in [0.717, 1.165) is 5.75 Å². The van der Waals surface area contributed by atoms with E-state index in [1.54, 1.807) is 0 Å². The van der Waals surface area contributed by atoms with Crippen LogP contribution in [0.4, 0.5) is 4.79 Å². The lowest BCUT2D eigenvalue weighted by Crippen LogP contribution is -2.54. The van der Waals surface area contributed by atoms with Crippen molar-refractivity contribution in [2.45, 2.75) is 70.9 Å². The highest BCUT2D eigenvalue weighted by Gasteiger charge is 2.46. The molecule has 0 aliphatic carbocycles. The maximum Gasteiger partial charge on any atom is 0.411 e. The molecule has 19 heavy (non-hydrogen) atoms. The summed E-state index contributed by atoms with van der Waals surface area (Å²) in [4.78, 5) is 14.9. The Morgan fingerprint density at radius 3 is 2.21 bits per heavy atom. The van der Waals surface area contributed by atoms with Crippen LogP contribution < -0.4 is 0 Å². The summed E-state index contributed by atoms with van der Waals surface area (Å²) in [5.41, 5.74) is -0.421. The Kier molecular flexibility index (Phi) is 5.05. The summed E-state index contributed by atoms with van der Waals surface area (Å²) in [6.07, 6.45) is -0.136. The van der Waals surface area contributed by atoms with Gasteiger partial charge in [0.2, 0.25) is 0 Å². The van der Waals surface area contributed by atoms with Gasteiger partial charge in [-0.3, -0.25) is 4.90 Å². The quantitative estimate of drug-likeness (QED) is 0.716. The van der Waals surface area contributed by atoms with E-state index in [1.807, 2.05) is 37.4 Å². The van der Waals surface area contributed by atoms with Crippen molar-refractivity contribution in [3.05, 3.63) is 0 Å². The highest BCUT2D eigenvalue weighted by atomic mass is 32.2. The Hall–Kier alpha value is -0.163.